The molecule has 0 radical (unpaired) electrons. The van der Waals surface area contributed by atoms with Crippen LogP contribution in [0.15, 0.2) is 11.6 Å². The van der Waals surface area contributed by atoms with Crippen molar-refractivity contribution >= 4 is 52.4 Å². The minimum Gasteiger partial charge on any atom is -0.458 e. The first kappa shape index (κ1) is 11.4. The Morgan fingerprint density at radius 1 is 1.45 bits per heavy atom. The maximum Gasteiger partial charge on any atom is 0.358 e. The Hall–Kier alpha value is 0.370. The number of hydrogen-bond acceptors (Lipinski definition) is 2. The molecule has 0 aromatic rings. The third kappa shape index (κ3) is 5.62. The van der Waals surface area contributed by atoms with E-state index in [2.05, 4.69) is 4.74 Å². The van der Waals surface area contributed by atoms with E-state index in [0.717, 1.165) is 0 Å². The highest BCUT2D eigenvalue weighted by Crippen LogP contribution is 2.27. The van der Waals surface area contributed by atoms with Crippen molar-refractivity contribution in [3.05, 3.63) is 11.6 Å². The first-order chi connectivity index (χ1) is 4.98. The summed E-state index contributed by atoms with van der Waals surface area (Å²) in [5.41, 5.74) is 1.20. The Bertz CT molecular complexity index is 160. The maximum atomic E-state index is 10.6. The predicted octanol–water partition coefficient (Wildman–Crippen LogP) is 2.65. The van der Waals surface area contributed by atoms with Crippen LogP contribution < -0.4 is 0 Å². The van der Waals surface area contributed by atoms with Crippen molar-refractivity contribution in [3.8, 4) is 0 Å². The monoisotopic (exact) mass is 236 g/mol. The summed E-state index contributed by atoms with van der Waals surface area (Å²) in [4.78, 5) is 10.6. The van der Waals surface area contributed by atoms with Gasteiger partial charge in [0.2, 0.25) is 0 Å². The van der Waals surface area contributed by atoms with Crippen LogP contribution in [0.1, 0.15) is 0 Å². The molecule has 11 heavy (non-hydrogen) atoms. The highest BCUT2D eigenvalue weighted by Gasteiger charge is 2.32. The first-order valence-corrected chi connectivity index (χ1v) is 4.04. The van der Waals surface area contributed by atoms with Gasteiger partial charge in [-0.25, -0.2) is 4.79 Å². The van der Waals surface area contributed by atoms with Gasteiger partial charge in [0.05, 0.1) is 0 Å². The Labute approximate surface area is 84.0 Å². The van der Waals surface area contributed by atoms with Crippen LogP contribution in [0.2, 0.25) is 0 Å². The van der Waals surface area contributed by atoms with E-state index >= 15 is 0 Å². The van der Waals surface area contributed by atoms with E-state index in [1.807, 2.05) is 0 Å². The molecule has 64 valence electrons. The molecule has 0 aromatic carbocycles. The second kappa shape index (κ2) is 5.09. The summed E-state index contributed by atoms with van der Waals surface area (Å²) in [6.45, 7) is -0.00373. The Kier molecular flexibility index (Phi) is 5.26. The minimum absolute atomic E-state index is 0.00373. The molecule has 0 aliphatic heterocycles. The highest BCUT2D eigenvalue weighted by molar-refractivity contribution is 6.75. The Morgan fingerprint density at radius 3 is 2.36 bits per heavy atom. The molecular formula is C5H4Cl4O2. The first-order valence-electron chi connectivity index (χ1n) is 2.47. The fourth-order valence-corrected chi connectivity index (χ4v) is 0.478. The molecule has 0 spiro atoms. The van der Waals surface area contributed by atoms with Crippen molar-refractivity contribution in [3.63, 3.8) is 0 Å². The zero-order valence-electron chi connectivity index (χ0n) is 5.19. The number of esters is 1. The molecule has 0 unspecified atom stereocenters. The largest absolute Gasteiger partial charge is 0.458 e. The van der Waals surface area contributed by atoms with Crippen molar-refractivity contribution in [1.29, 1.82) is 0 Å². The van der Waals surface area contributed by atoms with Crippen molar-refractivity contribution in [2.24, 2.45) is 0 Å². The lowest BCUT2D eigenvalue weighted by atomic mass is 10.7. The number of rotatable bonds is 2. The lowest BCUT2D eigenvalue weighted by molar-refractivity contribution is -0.141. The molecule has 0 saturated heterocycles. The van der Waals surface area contributed by atoms with Crippen LogP contribution in [0.3, 0.4) is 0 Å². The summed E-state index contributed by atoms with van der Waals surface area (Å²) in [6, 6.07) is 0. The molecule has 0 saturated carbocycles. The minimum atomic E-state index is -2.01. The van der Waals surface area contributed by atoms with Crippen LogP contribution in [-0.2, 0) is 9.53 Å². The number of hydrogen-bond donors (Lipinski definition) is 0. The quantitative estimate of drug-likeness (QED) is 0.545. The molecule has 0 heterocycles. The average molecular weight is 238 g/mol. The number of alkyl halides is 3. The van der Waals surface area contributed by atoms with Gasteiger partial charge in [0.25, 0.3) is 3.79 Å². The highest BCUT2D eigenvalue weighted by atomic mass is 35.6. The van der Waals surface area contributed by atoms with Gasteiger partial charge in [-0.2, -0.15) is 0 Å². The molecular weight excluding hydrogens is 234 g/mol. The van der Waals surface area contributed by atoms with Crippen molar-refractivity contribution < 1.29 is 9.53 Å². The maximum absolute atomic E-state index is 10.6. The van der Waals surface area contributed by atoms with Gasteiger partial charge in [0.1, 0.15) is 6.61 Å². The van der Waals surface area contributed by atoms with E-state index in [1.165, 1.54) is 11.6 Å². The van der Waals surface area contributed by atoms with Crippen LogP contribution in [0.25, 0.3) is 0 Å². The molecule has 0 aliphatic rings. The second-order valence-corrected chi connectivity index (χ2v) is 3.99. The van der Waals surface area contributed by atoms with Gasteiger partial charge in [-0.1, -0.05) is 46.4 Å². The smallest absolute Gasteiger partial charge is 0.358 e. The molecule has 6 heteroatoms. The van der Waals surface area contributed by atoms with E-state index in [9.17, 15) is 4.79 Å². The number of carbonyl (C=O) groups is 1. The fraction of sp³-hybridized carbons (Fsp3) is 0.400. The molecule has 2 nitrogen and oxygen atoms in total. The van der Waals surface area contributed by atoms with Gasteiger partial charge in [0, 0.05) is 5.54 Å². The normalized spacial score (nSPS) is 12.0. The SMILES string of the molecule is O=C(OC/C=C/Cl)C(Cl)(Cl)Cl. The summed E-state index contributed by atoms with van der Waals surface area (Å²) in [5.74, 6) is -0.919. The molecule has 0 N–H and O–H groups in total. The van der Waals surface area contributed by atoms with Crippen LogP contribution >= 0.6 is 46.4 Å². The van der Waals surface area contributed by atoms with Gasteiger partial charge in [-0.15, -0.1) is 0 Å². The van der Waals surface area contributed by atoms with E-state index < -0.39 is 9.76 Å². The fourth-order valence-electron chi connectivity index (χ4n) is 0.242. The van der Waals surface area contributed by atoms with E-state index in [1.54, 1.807) is 0 Å². The standard InChI is InChI=1S/C5H4Cl4O2/c6-2-1-3-11-4(10)5(7,8)9/h1-2H,3H2/b2-1+. The number of halogens is 4. The van der Waals surface area contributed by atoms with Crippen molar-refractivity contribution in [2.75, 3.05) is 6.61 Å². The molecule has 0 aliphatic carbocycles. The van der Waals surface area contributed by atoms with Crippen LogP contribution in [0.4, 0.5) is 0 Å². The molecule has 0 fully saturated rings. The Morgan fingerprint density at radius 2 is 2.00 bits per heavy atom. The number of ether oxygens (including phenoxy) is 1. The van der Waals surface area contributed by atoms with E-state index in [4.69, 9.17) is 46.4 Å². The van der Waals surface area contributed by atoms with Crippen LogP contribution in [0, 0.1) is 0 Å². The second-order valence-electron chi connectivity index (χ2n) is 1.46. The topological polar surface area (TPSA) is 26.3 Å². The molecule has 0 rings (SSSR count). The lowest BCUT2D eigenvalue weighted by Crippen LogP contribution is -2.21. The third-order valence-electron chi connectivity index (χ3n) is 0.631. The summed E-state index contributed by atoms with van der Waals surface area (Å²) >= 11 is 20.6. The average Bonchev–Trinajstić information content (AvgIpc) is 1.86. The third-order valence-corrected chi connectivity index (χ3v) is 1.27. The zero-order valence-corrected chi connectivity index (χ0v) is 8.21. The van der Waals surface area contributed by atoms with Gasteiger partial charge >= 0.3 is 5.97 Å². The summed E-state index contributed by atoms with van der Waals surface area (Å²) in [5, 5.41) is 0. The predicted molar refractivity (Wildman–Crippen MR) is 46.2 cm³/mol. The van der Waals surface area contributed by atoms with Gasteiger partial charge in [0.15, 0.2) is 0 Å². The molecule has 0 bridgehead atoms. The van der Waals surface area contributed by atoms with Crippen molar-refractivity contribution in [1.82, 2.24) is 0 Å². The molecule has 0 atom stereocenters. The van der Waals surface area contributed by atoms with E-state index in [-0.39, 0.29) is 6.61 Å². The lowest BCUT2D eigenvalue weighted by Gasteiger charge is -2.07. The van der Waals surface area contributed by atoms with Gasteiger partial charge in [-0.3, -0.25) is 0 Å². The van der Waals surface area contributed by atoms with Crippen LogP contribution in [-0.4, -0.2) is 16.4 Å². The summed E-state index contributed by atoms with van der Waals surface area (Å²) in [6.07, 6.45) is 1.40. The van der Waals surface area contributed by atoms with Gasteiger partial charge in [-0.05, 0) is 6.08 Å². The summed E-state index contributed by atoms with van der Waals surface area (Å²) < 4.78 is 2.43. The molecule has 0 amide bonds. The number of carbonyl (C=O) groups excluding carboxylic acids is 1. The zero-order chi connectivity index (χ0) is 8.91. The van der Waals surface area contributed by atoms with Crippen LogP contribution in [0.5, 0.6) is 0 Å². The Balaban J connectivity index is 3.71. The van der Waals surface area contributed by atoms with Gasteiger partial charge < -0.3 is 4.74 Å². The van der Waals surface area contributed by atoms with Crippen molar-refractivity contribution in [2.45, 2.75) is 3.79 Å². The van der Waals surface area contributed by atoms with E-state index in [0.29, 0.717) is 0 Å². The molecule has 0 aromatic heterocycles. The summed E-state index contributed by atoms with van der Waals surface area (Å²) in [7, 11) is 0.